The minimum atomic E-state index is 0.201. The molecule has 0 aromatic heterocycles. The number of rotatable bonds is 13. The number of halogens is 1. The van der Waals surface area contributed by atoms with E-state index in [0.29, 0.717) is 13.2 Å². The maximum absolute atomic E-state index is 6.29. The summed E-state index contributed by atoms with van der Waals surface area (Å²) in [7, 11) is 0. The first-order chi connectivity index (χ1) is 10.8. The Kier molecular flexibility index (Phi) is 12.5. The van der Waals surface area contributed by atoms with Crippen LogP contribution >= 0.6 is 11.6 Å². The van der Waals surface area contributed by atoms with Crippen LogP contribution in [0.4, 0.5) is 0 Å². The summed E-state index contributed by atoms with van der Waals surface area (Å²) < 4.78 is 11.6. The first-order valence-electron chi connectivity index (χ1n) is 9.33. The van der Waals surface area contributed by atoms with Gasteiger partial charge in [0.25, 0.3) is 0 Å². The van der Waals surface area contributed by atoms with Crippen LogP contribution in [0, 0.1) is 0 Å². The van der Waals surface area contributed by atoms with E-state index in [0.717, 1.165) is 26.0 Å². The molecule has 1 aliphatic carbocycles. The molecule has 1 rings (SSSR count). The molecule has 0 bridgehead atoms. The van der Waals surface area contributed by atoms with E-state index in [1.807, 2.05) is 0 Å². The Morgan fingerprint density at radius 3 is 2.23 bits per heavy atom. The second kappa shape index (κ2) is 13.6. The molecule has 1 unspecified atom stereocenters. The van der Waals surface area contributed by atoms with E-state index < -0.39 is 0 Å². The molecule has 22 heavy (non-hydrogen) atoms. The molecule has 1 saturated carbocycles. The van der Waals surface area contributed by atoms with Gasteiger partial charge in [0, 0.05) is 6.54 Å². The second-order valence-electron chi connectivity index (χ2n) is 6.37. The fraction of sp³-hybridized carbons (Fsp3) is 1.00. The lowest BCUT2D eigenvalue weighted by Gasteiger charge is -2.27. The molecule has 1 fully saturated rings. The average molecular weight is 334 g/mol. The summed E-state index contributed by atoms with van der Waals surface area (Å²) in [5.41, 5.74) is 0. The first-order valence-corrected chi connectivity index (χ1v) is 9.77. The van der Waals surface area contributed by atoms with Crippen molar-refractivity contribution in [3.05, 3.63) is 0 Å². The molecule has 3 nitrogen and oxygen atoms in total. The minimum Gasteiger partial charge on any atom is -0.378 e. The Hall–Kier alpha value is 0.170. The third-order valence-corrected chi connectivity index (χ3v) is 4.89. The average Bonchev–Trinajstić information content (AvgIpc) is 2.54. The van der Waals surface area contributed by atoms with Gasteiger partial charge in [0.05, 0.1) is 31.3 Å². The van der Waals surface area contributed by atoms with Crippen molar-refractivity contribution in [2.24, 2.45) is 0 Å². The summed E-state index contributed by atoms with van der Waals surface area (Å²) in [5.74, 6) is 0. The largest absolute Gasteiger partial charge is 0.378 e. The van der Waals surface area contributed by atoms with Crippen LogP contribution in [-0.4, -0.2) is 55.8 Å². The van der Waals surface area contributed by atoms with Gasteiger partial charge in [-0.2, -0.15) is 0 Å². The Balaban J connectivity index is 2.01. The molecule has 0 aliphatic heterocycles. The molecule has 0 aromatic carbocycles. The lowest BCUT2D eigenvalue weighted by Crippen LogP contribution is -2.31. The molecule has 0 amide bonds. The molecule has 0 spiro atoms. The highest BCUT2D eigenvalue weighted by molar-refractivity contribution is 6.21. The zero-order valence-electron chi connectivity index (χ0n) is 14.7. The SMILES string of the molecule is CCCCN(CCCC)CCOCCOC1CCCC[C@@H]1Cl. The van der Waals surface area contributed by atoms with E-state index in [1.165, 1.54) is 51.6 Å². The van der Waals surface area contributed by atoms with Crippen molar-refractivity contribution in [1.29, 1.82) is 0 Å². The zero-order valence-corrected chi connectivity index (χ0v) is 15.5. The maximum atomic E-state index is 6.29. The Bertz CT molecular complexity index is 245. The highest BCUT2D eigenvalue weighted by Crippen LogP contribution is 2.25. The van der Waals surface area contributed by atoms with Crippen LogP contribution in [0.2, 0.25) is 0 Å². The van der Waals surface area contributed by atoms with Crippen LogP contribution in [0.25, 0.3) is 0 Å². The third-order valence-electron chi connectivity index (χ3n) is 4.39. The number of unbranched alkanes of at least 4 members (excludes halogenated alkanes) is 2. The quantitative estimate of drug-likeness (QED) is 0.366. The zero-order chi connectivity index (χ0) is 16.0. The second-order valence-corrected chi connectivity index (χ2v) is 6.93. The smallest absolute Gasteiger partial charge is 0.0739 e. The van der Waals surface area contributed by atoms with Gasteiger partial charge in [0.15, 0.2) is 0 Å². The van der Waals surface area contributed by atoms with Gasteiger partial charge in [-0.05, 0) is 38.8 Å². The Morgan fingerprint density at radius 1 is 0.909 bits per heavy atom. The third kappa shape index (κ3) is 9.34. The standard InChI is InChI=1S/C18H36ClNO2/c1-3-5-11-20(12-6-4-2)13-14-21-15-16-22-18-10-8-7-9-17(18)19/h17-18H,3-16H2,1-2H3/t17-,18?/m0/s1. The summed E-state index contributed by atoms with van der Waals surface area (Å²) in [6.45, 7) is 10.1. The number of ether oxygens (including phenoxy) is 2. The molecular weight excluding hydrogens is 298 g/mol. The highest BCUT2D eigenvalue weighted by Gasteiger charge is 2.23. The van der Waals surface area contributed by atoms with Crippen molar-refractivity contribution >= 4 is 11.6 Å². The molecule has 0 saturated heterocycles. The van der Waals surface area contributed by atoms with Crippen molar-refractivity contribution in [2.75, 3.05) is 39.5 Å². The number of nitrogens with zero attached hydrogens (tertiary/aromatic N) is 1. The topological polar surface area (TPSA) is 21.7 Å². The van der Waals surface area contributed by atoms with Crippen LogP contribution in [0.3, 0.4) is 0 Å². The van der Waals surface area contributed by atoms with E-state index in [1.54, 1.807) is 0 Å². The highest BCUT2D eigenvalue weighted by atomic mass is 35.5. The van der Waals surface area contributed by atoms with Crippen LogP contribution in [0.15, 0.2) is 0 Å². The number of hydrogen-bond donors (Lipinski definition) is 0. The molecule has 0 aromatic rings. The molecule has 0 N–H and O–H groups in total. The lowest BCUT2D eigenvalue weighted by molar-refractivity contribution is -0.0113. The van der Waals surface area contributed by atoms with Gasteiger partial charge in [-0.15, -0.1) is 11.6 Å². The van der Waals surface area contributed by atoms with Crippen molar-refractivity contribution in [3.8, 4) is 0 Å². The Morgan fingerprint density at radius 2 is 1.59 bits per heavy atom. The molecule has 2 atom stereocenters. The van der Waals surface area contributed by atoms with Crippen LogP contribution in [-0.2, 0) is 9.47 Å². The van der Waals surface area contributed by atoms with E-state index in [4.69, 9.17) is 21.1 Å². The van der Waals surface area contributed by atoms with E-state index >= 15 is 0 Å². The monoisotopic (exact) mass is 333 g/mol. The number of hydrogen-bond acceptors (Lipinski definition) is 3. The van der Waals surface area contributed by atoms with Gasteiger partial charge in [-0.25, -0.2) is 0 Å². The predicted octanol–water partition coefficient (Wildman–Crippen LogP) is 4.47. The molecule has 0 heterocycles. The van der Waals surface area contributed by atoms with Crippen molar-refractivity contribution in [2.45, 2.75) is 76.7 Å². The van der Waals surface area contributed by atoms with Gasteiger partial charge < -0.3 is 14.4 Å². The fourth-order valence-corrected chi connectivity index (χ4v) is 3.25. The van der Waals surface area contributed by atoms with Gasteiger partial charge in [0.1, 0.15) is 0 Å². The molecular formula is C18H36ClNO2. The lowest BCUT2D eigenvalue weighted by atomic mass is 9.97. The van der Waals surface area contributed by atoms with Gasteiger partial charge in [0.2, 0.25) is 0 Å². The van der Waals surface area contributed by atoms with E-state index in [-0.39, 0.29) is 11.5 Å². The van der Waals surface area contributed by atoms with Crippen LogP contribution < -0.4 is 0 Å². The first kappa shape index (κ1) is 20.2. The van der Waals surface area contributed by atoms with Crippen molar-refractivity contribution in [1.82, 2.24) is 4.90 Å². The summed E-state index contributed by atoms with van der Waals surface area (Å²) in [6.07, 6.45) is 10.0. The fourth-order valence-electron chi connectivity index (χ4n) is 2.89. The molecule has 4 heteroatoms. The predicted molar refractivity (Wildman–Crippen MR) is 94.9 cm³/mol. The maximum Gasteiger partial charge on any atom is 0.0739 e. The van der Waals surface area contributed by atoms with Gasteiger partial charge in [-0.1, -0.05) is 39.5 Å². The van der Waals surface area contributed by atoms with E-state index in [9.17, 15) is 0 Å². The molecule has 132 valence electrons. The molecule has 0 radical (unpaired) electrons. The summed E-state index contributed by atoms with van der Waals surface area (Å²) in [6, 6.07) is 0. The molecule has 1 aliphatic rings. The van der Waals surface area contributed by atoms with Crippen molar-refractivity contribution < 1.29 is 9.47 Å². The van der Waals surface area contributed by atoms with Gasteiger partial charge in [-0.3, -0.25) is 0 Å². The van der Waals surface area contributed by atoms with Crippen LogP contribution in [0.5, 0.6) is 0 Å². The summed E-state index contributed by atoms with van der Waals surface area (Å²) in [5, 5.41) is 0.201. The van der Waals surface area contributed by atoms with Gasteiger partial charge >= 0.3 is 0 Å². The van der Waals surface area contributed by atoms with E-state index in [2.05, 4.69) is 18.7 Å². The minimum absolute atomic E-state index is 0.201. The van der Waals surface area contributed by atoms with Crippen LogP contribution in [0.1, 0.15) is 65.2 Å². The summed E-state index contributed by atoms with van der Waals surface area (Å²) >= 11 is 6.29. The summed E-state index contributed by atoms with van der Waals surface area (Å²) in [4.78, 5) is 2.53. The normalized spacial score (nSPS) is 22.4. The Labute approximate surface area is 142 Å². The van der Waals surface area contributed by atoms with Crippen molar-refractivity contribution in [3.63, 3.8) is 0 Å². The number of alkyl halides is 1.